The number of anilines is 1. The van der Waals surface area contributed by atoms with Gasteiger partial charge in [0.25, 0.3) is 0 Å². The lowest BCUT2D eigenvalue weighted by atomic mass is 9.88. The van der Waals surface area contributed by atoms with Gasteiger partial charge in [-0.15, -0.1) is 6.42 Å². The Bertz CT molecular complexity index is 1530. The fourth-order valence-electron chi connectivity index (χ4n) is 5.51. The Labute approximate surface area is 243 Å². The molecule has 9 nitrogen and oxygen atoms in total. The van der Waals surface area contributed by atoms with E-state index in [-0.39, 0.29) is 18.2 Å². The molecule has 6 heterocycles. The van der Waals surface area contributed by atoms with Crippen molar-refractivity contribution in [3.63, 3.8) is 0 Å². The van der Waals surface area contributed by atoms with Crippen LogP contribution in [-0.4, -0.2) is 71.0 Å². The van der Waals surface area contributed by atoms with E-state index < -0.39 is 13.7 Å². The highest BCUT2D eigenvalue weighted by Crippen LogP contribution is 2.37. The fraction of sp³-hybridized carbons (Fsp3) is 0.484. The molecule has 6 rings (SSSR count). The lowest BCUT2D eigenvalue weighted by molar-refractivity contribution is -0.0380. The number of nitrogens with zero attached hydrogens (tertiary/aromatic N) is 6. The van der Waals surface area contributed by atoms with E-state index >= 15 is 0 Å². The maximum Gasteiger partial charge on any atom is 0.410 e. The second-order valence-corrected chi connectivity index (χ2v) is 18.7. The van der Waals surface area contributed by atoms with Crippen LogP contribution in [0.3, 0.4) is 0 Å². The van der Waals surface area contributed by atoms with E-state index in [1.54, 1.807) is 12.4 Å². The van der Waals surface area contributed by atoms with E-state index in [0.717, 1.165) is 34.8 Å². The summed E-state index contributed by atoms with van der Waals surface area (Å²) >= 11 is 0. The van der Waals surface area contributed by atoms with Gasteiger partial charge in [0, 0.05) is 56.7 Å². The summed E-state index contributed by atoms with van der Waals surface area (Å²) in [5, 5.41) is 10.7. The normalized spacial score (nSPS) is 18.5. The third-order valence-corrected chi connectivity index (χ3v) is 9.27. The fourth-order valence-corrected chi connectivity index (χ4v) is 6.26. The second kappa shape index (κ2) is 10.8. The Morgan fingerprint density at radius 3 is 2.49 bits per heavy atom. The Kier molecular flexibility index (Phi) is 7.58. The number of rotatable bonds is 7. The van der Waals surface area contributed by atoms with Crippen LogP contribution in [0.5, 0.6) is 0 Å². The van der Waals surface area contributed by atoms with Gasteiger partial charge in [-0.1, -0.05) is 25.6 Å². The molecule has 3 aliphatic heterocycles. The number of carbonyl (C=O) groups excluding carboxylic acids is 1. The Hall–Kier alpha value is -3.86. The lowest BCUT2D eigenvalue weighted by Crippen LogP contribution is -2.70. The number of hydrogen-bond acceptors (Lipinski definition) is 7. The summed E-state index contributed by atoms with van der Waals surface area (Å²) in [5.41, 5.74) is 2.86. The van der Waals surface area contributed by atoms with Gasteiger partial charge < -0.3 is 14.4 Å². The molecule has 2 unspecified atom stereocenters. The molecule has 10 heteroatoms. The van der Waals surface area contributed by atoms with E-state index in [1.165, 1.54) is 0 Å². The van der Waals surface area contributed by atoms with Crippen molar-refractivity contribution >= 4 is 31.0 Å². The number of piperidine rings is 1. The maximum absolute atomic E-state index is 12.6. The van der Waals surface area contributed by atoms with Gasteiger partial charge in [0.05, 0.1) is 23.3 Å². The van der Waals surface area contributed by atoms with E-state index in [0.29, 0.717) is 43.3 Å². The summed E-state index contributed by atoms with van der Waals surface area (Å²) in [5.74, 6) is 3.59. The molecule has 0 aromatic carbocycles. The number of terminal acetylenes is 1. The molecule has 41 heavy (non-hydrogen) atoms. The number of ether oxygens (including phenoxy) is 2. The van der Waals surface area contributed by atoms with Gasteiger partial charge in [-0.2, -0.15) is 5.26 Å². The molecule has 3 aromatic heterocycles. The molecular formula is C31H38N6O3Si. The Morgan fingerprint density at radius 2 is 1.90 bits per heavy atom. The van der Waals surface area contributed by atoms with Crippen molar-refractivity contribution in [1.29, 1.82) is 5.26 Å². The molecule has 2 bridgehead atoms. The average molecular weight is 571 g/mol. The molecule has 3 aromatic rings. The highest BCUT2D eigenvalue weighted by atomic mass is 28.3. The third kappa shape index (κ3) is 5.95. The van der Waals surface area contributed by atoms with Crippen molar-refractivity contribution in [1.82, 2.24) is 19.4 Å². The van der Waals surface area contributed by atoms with E-state index in [2.05, 4.69) is 41.5 Å². The monoisotopic (exact) mass is 570 g/mol. The van der Waals surface area contributed by atoms with Gasteiger partial charge in [-0.25, -0.2) is 14.8 Å². The number of pyridine rings is 2. The first-order chi connectivity index (χ1) is 19.4. The first-order valence-electron chi connectivity index (χ1n) is 14.1. The number of amides is 1. The SMILES string of the molecule is C#Cc1cc2c(-c3ccc(N4CC5CC(C4)N5C(=O)OC(C)(C)C)nc3)c(C#N)cnc2n1COCC[Si](C)(C)C. The minimum Gasteiger partial charge on any atom is -0.444 e. The summed E-state index contributed by atoms with van der Waals surface area (Å²) in [6, 6.07) is 9.44. The average Bonchev–Trinajstić information content (AvgIpc) is 3.26. The van der Waals surface area contributed by atoms with E-state index in [9.17, 15) is 10.1 Å². The summed E-state index contributed by atoms with van der Waals surface area (Å²) in [6.45, 7) is 15.0. The molecule has 3 saturated heterocycles. The van der Waals surface area contributed by atoms with Crippen molar-refractivity contribution in [2.24, 2.45) is 0 Å². The zero-order valence-electron chi connectivity index (χ0n) is 24.8. The first kappa shape index (κ1) is 28.7. The number of hydrogen-bond donors (Lipinski definition) is 0. The van der Waals surface area contributed by atoms with Crippen LogP contribution in [-0.2, 0) is 16.2 Å². The van der Waals surface area contributed by atoms with Crippen LogP contribution in [0.2, 0.25) is 25.7 Å². The molecule has 1 amide bonds. The van der Waals surface area contributed by atoms with Gasteiger partial charge in [0.15, 0.2) is 0 Å². The van der Waals surface area contributed by atoms with Gasteiger partial charge in [-0.05, 0) is 51.4 Å². The number of fused-ring (bicyclic) bond motifs is 3. The molecule has 3 fully saturated rings. The van der Waals surface area contributed by atoms with Crippen molar-refractivity contribution in [2.45, 2.75) is 77.3 Å². The van der Waals surface area contributed by atoms with Crippen LogP contribution in [0.4, 0.5) is 10.6 Å². The minimum atomic E-state index is -1.22. The Morgan fingerprint density at radius 1 is 1.17 bits per heavy atom. The zero-order valence-corrected chi connectivity index (χ0v) is 25.8. The molecule has 0 saturated carbocycles. The second-order valence-electron chi connectivity index (χ2n) is 13.1. The van der Waals surface area contributed by atoms with Crippen LogP contribution in [0.1, 0.15) is 38.4 Å². The quantitative estimate of drug-likeness (QED) is 0.211. The predicted octanol–water partition coefficient (Wildman–Crippen LogP) is 5.46. The van der Waals surface area contributed by atoms with Crippen molar-refractivity contribution in [3.8, 4) is 29.5 Å². The molecule has 0 radical (unpaired) electrons. The number of aromatic nitrogens is 3. The highest BCUT2D eigenvalue weighted by molar-refractivity contribution is 6.76. The largest absolute Gasteiger partial charge is 0.444 e. The summed E-state index contributed by atoms with van der Waals surface area (Å²) in [4.78, 5) is 26.1. The lowest BCUT2D eigenvalue weighted by Gasteiger charge is -2.56. The summed E-state index contributed by atoms with van der Waals surface area (Å²) in [7, 11) is -1.22. The maximum atomic E-state index is 12.6. The van der Waals surface area contributed by atoms with Crippen molar-refractivity contribution in [3.05, 3.63) is 41.9 Å². The number of carbonyl (C=O) groups is 1. The number of piperazine rings is 1. The van der Waals surface area contributed by atoms with Gasteiger partial charge in [-0.3, -0.25) is 9.47 Å². The highest BCUT2D eigenvalue weighted by Gasteiger charge is 2.49. The molecule has 214 valence electrons. The van der Waals surface area contributed by atoms with Crippen LogP contribution >= 0.6 is 0 Å². The Balaban J connectivity index is 1.36. The van der Waals surface area contributed by atoms with Gasteiger partial charge >= 0.3 is 6.09 Å². The molecule has 0 aliphatic carbocycles. The summed E-state index contributed by atoms with van der Waals surface area (Å²) < 4.78 is 13.5. The van der Waals surface area contributed by atoms with Gasteiger partial charge in [0.2, 0.25) is 0 Å². The van der Waals surface area contributed by atoms with Gasteiger partial charge in [0.1, 0.15) is 29.9 Å². The van der Waals surface area contributed by atoms with E-state index in [4.69, 9.17) is 20.9 Å². The van der Waals surface area contributed by atoms with Crippen LogP contribution in [0.15, 0.2) is 30.6 Å². The van der Waals surface area contributed by atoms with E-state index in [1.807, 2.05) is 48.4 Å². The van der Waals surface area contributed by atoms with Crippen molar-refractivity contribution in [2.75, 3.05) is 24.6 Å². The number of nitriles is 1. The van der Waals surface area contributed by atoms with Crippen LogP contribution < -0.4 is 4.90 Å². The molecule has 3 aliphatic rings. The molecule has 2 atom stereocenters. The topological polar surface area (TPSA) is 96.5 Å². The molecular weight excluding hydrogens is 532 g/mol. The zero-order chi connectivity index (χ0) is 29.5. The molecule has 0 spiro atoms. The minimum absolute atomic E-state index is 0.116. The van der Waals surface area contributed by atoms with Crippen molar-refractivity contribution < 1.29 is 14.3 Å². The third-order valence-electron chi connectivity index (χ3n) is 7.57. The smallest absolute Gasteiger partial charge is 0.410 e. The van der Waals surface area contributed by atoms with Crippen LogP contribution in [0, 0.1) is 23.7 Å². The predicted molar refractivity (Wildman–Crippen MR) is 162 cm³/mol. The summed E-state index contributed by atoms with van der Waals surface area (Å²) in [6.07, 6.45) is 9.98. The molecule has 0 N–H and O–H groups in total. The standard InChI is InChI=1S/C31H38N6O3Si/c1-8-23-14-26-28(22(15-32)17-34-29(26)36(23)20-39-11-12-41(5,6)7)21-9-10-27(33-16-21)35-18-24-13-25(19-35)37(24)30(38)40-31(2,3)4/h1,9-10,14,16-17,24-25H,11-13,18-20H2,2-7H3. The van der Waals surface area contributed by atoms with Crippen LogP contribution in [0.25, 0.3) is 22.2 Å². The first-order valence-corrected chi connectivity index (χ1v) is 17.8.